The van der Waals surface area contributed by atoms with Crippen molar-refractivity contribution < 1.29 is 4.79 Å². The van der Waals surface area contributed by atoms with Crippen LogP contribution in [0.2, 0.25) is 0 Å². The van der Waals surface area contributed by atoms with E-state index in [9.17, 15) is 4.79 Å². The second-order valence-electron chi connectivity index (χ2n) is 2.02. The molecule has 0 radical (unpaired) electrons. The molecule has 0 unspecified atom stereocenters. The number of hydrogen-bond acceptors (Lipinski definition) is 3. The number of hydrogen-bond donors (Lipinski definition) is 0. The molecule has 1 aromatic rings. The SMILES string of the molecule is Cc1nccnc1/C=C/C=O. The Bertz CT molecular complexity index is 281. The summed E-state index contributed by atoms with van der Waals surface area (Å²) in [6.07, 6.45) is 6.96. The molecule has 0 aliphatic carbocycles. The van der Waals surface area contributed by atoms with E-state index in [4.69, 9.17) is 0 Å². The van der Waals surface area contributed by atoms with Gasteiger partial charge in [0.25, 0.3) is 0 Å². The third-order valence-electron chi connectivity index (χ3n) is 1.25. The molecule has 1 heterocycles. The highest BCUT2D eigenvalue weighted by molar-refractivity contribution is 5.73. The standard InChI is InChI=1S/C8H8N2O/c1-7-8(3-2-6-11)10-5-4-9-7/h2-6H,1H3/b3-2+. The summed E-state index contributed by atoms with van der Waals surface area (Å²) >= 11 is 0. The summed E-state index contributed by atoms with van der Waals surface area (Å²) in [4.78, 5) is 18.0. The molecule has 0 atom stereocenters. The first-order valence-corrected chi connectivity index (χ1v) is 3.24. The normalized spacial score (nSPS) is 10.3. The molecule has 0 spiro atoms. The Morgan fingerprint density at radius 3 is 2.73 bits per heavy atom. The van der Waals surface area contributed by atoms with E-state index in [1.165, 1.54) is 6.08 Å². The van der Waals surface area contributed by atoms with Gasteiger partial charge in [0.1, 0.15) is 6.29 Å². The van der Waals surface area contributed by atoms with Crippen LogP contribution in [0.3, 0.4) is 0 Å². The molecule has 0 fully saturated rings. The Balaban J connectivity index is 2.94. The third-order valence-corrected chi connectivity index (χ3v) is 1.25. The average molecular weight is 148 g/mol. The van der Waals surface area contributed by atoms with Gasteiger partial charge in [0.05, 0.1) is 11.4 Å². The Hall–Kier alpha value is -1.51. The first-order valence-electron chi connectivity index (χ1n) is 3.24. The highest BCUT2D eigenvalue weighted by Crippen LogP contribution is 2.00. The Morgan fingerprint density at radius 2 is 2.09 bits per heavy atom. The molecule has 3 nitrogen and oxygen atoms in total. The van der Waals surface area contributed by atoms with E-state index < -0.39 is 0 Å². The van der Waals surface area contributed by atoms with Crippen molar-refractivity contribution in [2.75, 3.05) is 0 Å². The lowest BCUT2D eigenvalue weighted by Gasteiger charge is -1.93. The molecule has 0 N–H and O–H groups in total. The summed E-state index contributed by atoms with van der Waals surface area (Å²) in [6.45, 7) is 1.84. The lowest BCUT2D eigenvalue weighted by molar-refractivity contribution is -0.104. The van der Waals surface area contributed by atoms with E-state index in [1.54, 1.807) is 18.5 Å². The molecule has 0 aromatic carbocycles. The van der Waals surface area contributed by atoms with E-state index in [2.05, 4.69) is 9.97 Å². The van der Waals surface area contributed by atoms with Crippen molar-refractivity contribution in [2.45, 2.75) is 6.92 Å². The maximum absolute atomic E-state index is 9.95. The van der Waals surface area contributed by atoms with E-state index in [1.807, 2.05) is 6.92 Å². The van der Waals surface area contributed by atoms with Crippen molar-refractivity contribution >= 4 is 12.4 Å². The third kappa shape index (κ3) is 1.97. The number of aromatic nitrogens is 2. The van der Waals surface area contributed by atoms with Crippen LogP contribution in [-0.4, -0.2) is 16.3 Å². The quantitative estimate of drug-likeness (QED) is 0.464. The highest BCUT2D eigenvalue weighted by atomic mass is 16.1. The van der Waals surface area contributed by atoms with Crippen molar-refractivity contribution in [1.82, 2.24) is 9.97 Å². The number of carbonyl (C=O) groups is 1. The molecule has 0 aliphatic heterocycles. The molecular formula is C8H8N2O. The average Bonchev–Trinajstić information content (AvgIpc) is 2.03. The number of aldehydes is 1. The van der Waals surface area contributed by atoms with Gasteiger partial charge in [-0.2, -0.15) is 0 Å². The summed E-state index contributed by atoms with van der Waals surface area (Å²) in [5.74, 6) is 0. The second kappa shape index (κ2) is 3.61. The first kappa shape index (κ1) is 7.60. The molecule has 1 rings (SSSR count). The topological polar surface area (TPSA) is 42.9 Å². The molecule has 0 amide bonds. The van der Waals surface area contributed by atoms with Crippen molar-refractivity contribution in [3.05, 3.63) is 29.9 Å². The first-order chi connectivity index (χ1) is 5.34. The molecule has 0 aliphatic rings. The van der Waals surface area contributed by atoms with E-state index in [0.29, 0.717) is 6.29 Å². The van der Waals surface area contributed by atoms with Gasteiger partial charge in [-0.3, -0.25) is 14.8 Å². The van der Waals surface area contributed by atoms with Crippen LogP contribution in [-0.2, 0) is 4.79 Å². The maximum Gasteiger partial charge on any atom is 0.142 e. The zero-order valence-electron chi connectivity index (χ0n) is 6.19. The highest BCUT2D eigenvalue weighted by Gasteiger charge is 1.92. The summed E-state index contributed by atoms with van der Waals surface area (Å²) < 4.78 is 0. The zero-order chi connectivity index (χ0) is 8.10. The van der Waals surface area contributed by atoms with E-state index >= 15 is 0 Å². The molecule has 11 heavy (non-hydrogen) atoms. The summed E-state index contributed by atoms with van der Waals surface area (Å²) in [7, 11) is 0. The summed E-state index contributed by atoms with van der Waals surface area (Å²) in [5.41, 5.74) is 1.56. The fourth-order valence-corrected chi connectivity index (χ4v) is 0.712. The fraction of sp³-hybridized carbons (Fsp3) is 0.125. The van der Waals surface area contributed by atoms with Gasteiger partial charge in [-0.05, 0) is 19.1 Å². The van der Waals surface area contributed by atoms with Crippen LogP contribution >= 0.6 is 0 Å². The monoisotopic (exact) mass is 148 g/mol. The smallest absolute Gasteiger partial charge is 0.142 e. The van der Waals surface area contributed by atoms with Crippen molar-refractivity contribution in [1.29, 1.82) is 0 Å². The minimum Gasteiger partial charge on any atom is -0.299 e. The maximum atomic E-state index is 9.95. The van der Waals surface area contributed by atoms with Gasteiger partial charge in [-0.25, -0.2) is 0 Å². The van der Waals surface area contributed by atoms with Crippen LogP contribution in [0.4, 0.5) is 0 Å². The van der Waals surface area contributed by atoms with Gasteiger partial charge in [0.15, 0.2) is 0 Å². The fourth-order valence-electron chi connectivity index (χ4n) is 0.712. The van der Waals surface area contributed by atoms with E-state index in [0.717, 1.165) is 11.4 Å². The van der Waals surface area contributed by atoms with Gasteiger partial charge < -0.3 is 0 Å². The molecule has 3 heteroatoms. The van der Waals surface area contributed by atoms with Gasteiger partial charge in [0, 0.05) is 12.4 Å². The number of allylic oxidation sites excluding steroid dienone is 1. The molecule has 0 saturated heterocycles. The van der Waals surface area contributed by atoms with Crippen LogP contribution in [0.25, 0.3) is 6.08 Å². The van der Waals surface area contributed by atoms with Crippen molar-refractivity contribution in [3.63, 3.8) is 0 Å². The molecule has 0 saturated carbocycles. The predicted octanol–water partition coefficient (Wildman–Crippen LogP) is 0.997. The predicted molar refractivity (Wildman–Crippen MR) is 41.9 cm³/mol. The van der Waals surface area contributed by atoms with Gasteiger partial charge in [-0.15, -0.1) is 0 Å². The Labute approximate surface area is 64.8 Å². The minimum atomic E-state index is 0.716. The van der Waals surface area contributed by atoms with Gasteiger partial charge in [-0.1, -0.05) is 0 Å². The van der Waals surface area contributed by atoms with E-state index in [-0.39, 0.29) is 0 Å². The number of aryl methyl sites for hydroxylation is 1. The number of carbonyl (C=O) groups excluding carboxylic acids is 1. The van der Waals surface area contributed by atoms with Crippen molar-refractivity contribution in [3.8, 4) is 0 Å². The van der Waals surface area contributed by atoms with Crippen LogP contribution in [0, 0.1) is 6.92 Å². The van der Waals surface area contributed by atoms with Crippen LogP contribution in [0.1, 0.15) is 11.4 Å². The minimum absolute atomic E-state index is 0.716. The molecule has 56 valence electrons. The van der Waals surface area contributed by atoms with Gasteiger partial charge >= 0.3 is 0 Å². The van der Waals surface area contributed by atoms with Crippen LogP contribution in [0.5, 0.6) is 0 Å². The molecule has 1 aromatic heterocycles. The number of rotatable bonds is 2. The molecule has 0 bridgehead atoms. The molecular weight excluding hydrogens is 140 g/mol. The Morgan fingerprint density at radius 1 is 1.36 bits per heavy atom. The zero-order valence-corrected chi connectivity index (χ0v) is 6.19. The lowest BCUT2D eigenvalue weighted by atomic mass is 10.3. The summed E-state index contributed by atoms with van der Waals surface area (Å²) in [6, 6.07) is 0. The van der Waals surface area contributed by atoms with Crippen molar-refractivity contribution in [2.24, 2.45) is 0 Å². The van der Waals surface area contributed by atoms with Gasteiger partial charge in [0.2, 0.25) is 0 Å². The summed E-state index contributed by atoms with van der Waals surface area (Å²) in [5, 5.41) is 0. The van der Waals surface area contributed by atoms with Crippen LogP contribution < -0.4 is 0 Å². The number of nitrogens with zero attached hydrogens (tertiary/aromatic N) is 2. The largest absolute Gasteiger partial charge is 0.299 e. The lowest BCUT2D eigenvalue weighted by Crippen LogP contribution is -1.88. The Kier molecular flexibility index (Phi) is 2.49. The van der Waals surface area contributed by atoms with Crippen LogP contribution in [0.15, 0.2) is 18.5 Å². The second-order valence-corrected chi connectivity index (χ2v) is 2.02.